The molecule has 0 fully saturated rings. The van der Waals surface area contributed by atoms with Crippen LogP contribution in [-0.2, 0) is 11.2 Å². The molecule has 39 heavy (non-hydrogen) atoms. The summed E-state index contributed by atoms with van der Waals surface area (Å²) in [6.07, 6.45) is -0.183. The summed E-state index contributed by atoms with van der Waals surface area (Å²) in [6.45, 7) is 3.76. The first kappa shape index (κ1) is 27.6. The number of carboxylic acid groups (broad SMARTS) is 1. The first-order valence-electron chi connectivity index (χ1n) is 12.0. The van der Waals surface area contributed by atoms with Crippen molar-refractivity contribution in [2.75, 3.05) is 21.3 Å². The van der Waals surface area contributed by atoms with E-state index in [-0.39, 0.29) is 23.7 Å². The SMILES string of the molecule is COc1ccc(C(=O)/C(Cc2cc(OC)c(OC)c(OC(C)C)c2)=C(/C(=O)O)c2ccc3nsnc3c2)cc1. The summed E-state index contributed by atoms with van der Waals surface area (Å²) < 4.78 is 30.6. The molecule has 0 atom stereocenters. The molecule has 0 saturated heterocycles. The monoisotopic (exact) mass is 548 g/mol. The zero-order valence-corrected chi connectivity index (χ0v) is 23.0. The van der Waals surface area contributed by atoms with Gasteiger partial charge in [-0.05, 0) is 73.5 Å². The molecule has 10 heteroatoms. The highest BCUT2D eigenvalue weighted by Crippen LogP contribution is 2.40. The predicted molar refractivity (Wildman–Crippen MR) is 148 cm³/mol. The lowest BCUT2D eigenvalue weighted by atomic mass is 9.89. The van der Waals surface area contributed by atoms with Crippen LogP contribution in [0.1, 0.15) is 35.3 Å². The molecular formula is C29H28N2O7S. The van der Waals surface area contributed by atoms with Gasteiger partial charge in [0, 0.05) is 17.6 Å². The average molecular weight is 549 g/mol. The Morgan fingerprint density at radius 3 is 2.13 bits per heavy atom. The molecule has 4 aromatic rings. The van der Waals surface area contributed by atoms with Crippen molar-refractivity contribution < 1.29 is 33.6 Å². The molecule has 1 heterocycles. The van der Waals surface area contributed by atoms with Crippen LogP contribution in [0.25, 0.3) is 16.6 Å². The number of aromatic nitrogens is 2. The summed E-state index contributed by atoms with van der Waals surface area (Å²) in [7, 11) is 4.54. The van der Waals surface area contributed by atoms with Gasteiger partial charge in [0.2, 0.25) is 5.75 Å². The van der Waals surface area contributed by atoms with Crippen LogP contribution >= 0.6 is 11.7 Å². The van der Waals surface area contributed by atoms with E-state index < -0.39 is 11.8 Å². The largest absolute Gasteiger partial charge is 0.497 e. The maximum atomic E-state index is 13.9. The summed E-state index contributed by atoms with van der Waals surface area (Å²) in [6, 6.07) is 14.9. The number of ketones is 1. The summed E-state index contributed by atoms with van der Waals surface area (Å²) >= 11 is 1.03. The summed E-state index contributed by atoms with van der Waals surface area (Å²) in [5.74, 6) is 0.120. The third-order valence-corrected chi connectivity index (χ3v) is 6.49. The average Bonchev–Trinajstić information content (AvgIpc) is 3.39. The second-order valence-electron chi connectivity index (χ2n) is 8.86. The number of carbonyl (C=O) groups excluding carboxylic acids is 1. The van der Waals surface area contributed by atoms with E-state index >= 15 is 0 Å². The fraction of sp³-hybridized carbons (Fsp3) is 0.241. The molecule has 202 valence electrons. The molecule has 0 bridgehead atoms. The Morgan fingerprint density at radius 2 is 1.51 bits per heavy atom. The highest BCUT2D eigenvalue weighted by Gasteiger charge is 2.26. The Morgan fingerprint density at radius 1 is 0.846 bits per heavy atom. The third kappa shape index (κ3) is 6.01. The second-order valence-corrected chi connectivity index (χ2v) is 9.39. The normalized spacial score (nSPS) is 11.7. The quantitative estimate of drug-likeness (QED) is 0.192. The van der Waals surface area contributed by atoms with Gasteiger partial charge >= 0.3 is 5.97 Å². The third-order valence-electron chi connectivity index (χ3n) is 5.93. The zero-order valence-electron chi connectivity index (χ0n) is 22.2. The van der Waals surface area contributed by atoms with Crippen molar-refractivity contribution in [3.05, 3.63) is 76.9 Å². The van der Waals surface area contributed by atoms with Crippen LogP contribution in [0.15, 0.2) is 60.2 Å². The van der Waals surface area contributed by atoms with E-state index in [9.17, 15) is 14.7 Å². The first-order chi connectivity index (χ1) is 18.7. The highest BCUT2D eigenvalue weighted by atomic mass is 32.1. The molecule has 4 rings (SSSR count). The molecule has 0 aliphatic heterocycles. The van der Waals surface area contributed by atoms with Crippen LogP contribution in [0, 0.1) is 0 Å². The number of nitrogens with zero attached hydrogens (tertiary/aromatic N) is 2. The molecule has 0 unspecified atom stereocenters. The van der Waals surface area contributed by atoms with Gasteiger partial charge in [-0.3, -0.25) is 4.79 Å². The zero-order chi connectivity index (χ0) is 28.1. The Labute approximate surface area is 229 Å². The van der Waals surface area contributed by atoms with Gasteiger partial charge in [-0.25, -0.2) is 4.79 Å². The number of methoxy groups -OCH3 is 3. The minimum Gasteiger partial charge on any atom is -0.497 e. The maximum absolute atomic E-state index is 13.9. The summed E-state index contributed by atoms with van der Waals surface area (Å²) in [5.41, 5.74) is 2.41. The van der Waals surface area contributed by atoms with Crippen molar-refractivity contribution in [2.24, 2.45) is 0 Å². The van der Waals surface area contributed by atoms with Gasteiger partial charge in [-0.2, -0.15) is 8.75 Å². The van der Waals surface area contributed by atoms with Gasteiger partial charge in [0.15, 0.2) is 17.3 Å². The molecule has 0 spiro atoms. The first-order valence-corrected chi connectivity index (χ1v) is 12.8. The van der Waals surface area contributed by atoms with Crippen molar-refractivity contribution in [3.8, 4) is 23.0 Å². The smallest absolute Gasteiger partial charge is 0.336 e. The van der Waals surface area contributed by atoms with Crippen LogP contribution in [0.5, 0.6) is 23.0 Å². The number of hydrogen-bond donors (Lipinski definition) is 1. The summed E-state index contributed by atoms with van der Waals surface area (Å²) in [5, 5.41) is 10.4. The van der Waals surface area contributed by atoms with Gasteiger partial charge in [-0.15, -0.1) is 0 Å². The number of carboxylic acids is 1. The van der Waals surface area contributed by atoms with Crippen LogP contribution in [0.4, 0.5) is 0 Å². The van der Waals surface area contributed by atoms with Gasteiger partial charge in [0.25, 0.3) is 0 Å². The van der Waals surface area contributed by atoms with Gasteiger partial charge < -0.3 is 24.1 Å². The molecule has 1 N–H and O–H groups in total. The lowest BCUT2D eigenvalue weighted by Crippen LogP contribution is -2.14. The number of ether oxygens (including phenoxy) is 4. The van der Waals surface area contributed by atoms with Gasteiger partial charge in [0.1, 0.15) is 16.8 Å². The number of fused-ring (bicyclic) bond motifs is 1. The lowest BCUT2D eigenvalue weighted by molar-refractivity contribution is -0.130. The van der Waals surface area contributed by atoms with Crippen molar-refractivity contribution >= 4 is 40.1 Å². The van der Waals surface area contributed by atoms with Crippen molar-refractivity contribution in [1.29, 1.82) is 0 Å². The van der Waals surface area contributed by atoms with E-state index in [0.29, 0.717) is 50.7 Å². The molecule has 0 radical (unpaired) electrons. The Hall–Kier alpha value is -4.44. The molecule has 1 aromatic heterocycles. The van der Waals surface area contributed by atoms with E-state index in [1.165, 1.54) is 21.3 Å². The minimum atomic E-state index is -1.24. The van der Waals surface area contributed by atoms with Crippen molar-refractivity contribution in [1.82, 2.24) is 8.75 Å². The Balaban J connectivity index is 1.93. The fourth-order valence-corrected chi connectivity index (χ4v) is 4.71. The van der Waals surface area contributed by atoms with Crippen LogP contribution in [0.2, 0.25) is 0 Å². The fourth-order valence-electron chi connectivity index (χ4n) is 4.19. The van der Waals surface area contributed by atoms with Crippen molar-refractivity contribution in [2.45, 2.75) is 26.4 Å². The van der Waals surface area contributed by atoms with Gasteiger partial charge in [-0.1, -0.05) is 6.07 Å². The van der Waals surface area contributed by atoms with Crippen LogP contribution < -0.4 is 18.9 Å². The molecule has 0 saturated carbocycles. The molecule has 0 aliphatic rings. The Kier molecular flexibility index (Phi) is 8.46. The van der Waals surface area contributed by atoms with Crippen LogP contribution in [0.3, 0.4) is 0 Å². The summed E-state index contributed by atoms with van der Waals surface area (Å²) in [4.78, 5) is 26.7. The van der Waals surface area contributed by atoms with E-state index in [1.807, 2.05) is 13.8 Å². The number of Topliss-reactive ketones (excluding diaryl/α,β-unsaturated/α-hetero) is 1. The molecule has 3 aromatic carbocycles. The number of aliphatic carboxylic acids is 1. The molecule has 9 nitrogen and oxygen atoms in total. The van der Waals surface area contributed by atoms with E-state index in [1.54, 1.807) is 54.6 Å². The molecule has 0 amide bonds. The lowest BCUT2D eigenvalue weighted by Gasteiger charge is -2.19. The number of allylic oxidation sites excluding steroid dienone is 1. The minimum absolute atomic E-state index is 0.0192. The highest BCUT2D eigenvalue weighted by molar-refractivity contribution is 7.00. The molecule has 0 aliphatic carbocycles. The topological polar surface area (TPSA) is 117 Å². The number of hydrogen-bond acceptors (Lipinski definition) is 9. The Bertz CT molecular complexity index is 1540. The van der Waals surface area contributed by atoms with Crippen LogP contribution in [-0.4, -0.2) is 53.0 Å². The van der Waals surface area contributed by atoms with E-state index in [2.05, 4.69) is 8.75 Å². The van der Waals surface area contributed by atoms with Crippen molar-refractivity contribution in [3.63, 3.8) is 0 Å². The van der Waals surface area contributed by atoms with E-state index in [4.69, 9.17) is 18.9 Å². The number of carbonyl (C=O) groups is 2. The van der Waals surface area contributed by atoms with E-state index in [0.717, 1.165) is 11.7 Å². The molecular weight excluding hydrogens is 520 g/mol. The number of rotatable bonds is 11. The maximum Gasteiger partial charge on any atom is 0.336 e. The number of benzene rings is 3. The standard InChI is InChI=1S/C29H28N2O7S/c1-16(2)38-25-14-17(13-24(36-4)28(25)37-5)12-21(27(32)18-6-9-20(35-3)10-7-18)26(29(33)34)19-8-11-22-23(15-19)31-39-30-22/h6-11,13-16H,12H2,1-5H3,(H,33,34)/b26-21+. The predicted octanol–water partition coefficient (Wildman–Crippen LogP) is 5.47. The second kappa shape index (κ2) is 12.0. The van der Waals surface area contributed by atoms with Gasteiger partial charge in [0.05, 0.1) is 44.7 Å².